The Morgan fingerprint density at radius 1 is 1.47 bits per heavy atom. The smallest absolute Gasteiger partial charge is 0.254 e. The number of aromatic amines is 1. The fourth-order valence-electron chi connectivity index (χ4n) is 1.78. The Morgan fingerprint density at radius 2 is 2.26 bits per heavy atom. The Kier molecular flexibility index (Phi) is 3.79. The molecule has 2 aromatic heterocycles. The van der Waals surface area contributed by atoms with Gasteiger partial charge in [-0.25, -0.2) is 4.98 Å². The Hall–Kier alpha value is -2.37. The predicted molar refractivity (Wildman–Crippen MR) is 68.6 cm³/mol. The molecule has 0 aliphatic rings. The fraction of sp³-hybridized carbons (Fsp3) is 0.308. The van der Waals surface area contributed by atoms with Crippen molar-refractivity contribution in [2.75, 3.05) is 0 Å². The maximum absolute atomic E-state index is 11.8. The number of nitrogens with one attached hydrogen (secondary N) is 2. The number of H-pyrrole nitrogens is 1. The van der Waals surface area contributed by atoms with Gasteiger partial charge in [0, 0.05) is 11.3 Å². The number of carbonyl (C=O) groups is 1. The molecule has 0 aliphatic carbocycles. The maximum atomic E-state index is 11.8. The molecule has 0 saturated heterocycles. The van der Waals surface area contributed by atoms with E-state index < -0.39 is 0 Å². The lowest BCUT2D eigenvalue weighted by molar-refractivity contribution is -0.120. The van der Waals surface area contributed by atoms with Crippen LogP contribution in [0.15, 0.2) is 27.6 Å². The summed E-state index contributed by atoms with van der Waals surface area (Å²) in [6.45, 7) is 3.73. The Morgan fingerprint density at radius 3 is 2.89 bits per heavy atom. The van der Waals surface area contributed by atoms with Crippen molar-refractivity contribution in [3.05, 3.63) is 51.6 Å². The van der Waals surface area contributed by atoms with Gasteiger partial charge in [0.1, 0.15) is 11.6 Å². The maximum Gasteiger partial charge on any atom is 0.254 e. The minimum absolute atomic E-state index is 0.00908. The number of hydrogen-bond acceptors (Lipinski definition) is 4. The normalized spacial score (nSPS) is 10.4. The van der Waals surface area contributed by atoms with Crippen LogP contribution in [0.5, 0.6) is 0 Å². The van der Waals surface area contributed by atoms with Crippen molar-refractivity contribution in [3.8, 4) is 0 Å². The molecule has 0 atom stereocenters. The molecule has 0 saturated carbocycles. The summed E-state index contributed by atoms with van der Waals surface area (Å²) in [7, 11) is 0. The fourth-order valence-corrected chi connectivity index (χ4v) is 1.78. The minimum atomic E-state index is -0.266. The standard InChI is InChI=1S/C13H15N3O3/c1-8-11(13(18)16-9(2)15-8)6-12(17)14-7-10-4-3-5-19-10/h3-5H,6-7H2,1-2H3,(H,14,17)(H,15,16,18). The van der Waals surface area contributed by atoms with Crippen LogP contribution in [0.1, 0.15) is 22.8 Å². The van der Waals surface area contributed by atoms with E-state index in [1.165, 1.54) is 0 Å². The number of furan rings is 1. The van der Waals surface area contributed by atoms with Crippen molar-refractivity contribution in [3.63, 3.8) is 0 Å². The van der Waals surface area contributed by atoms with E-state index in [0.29, 0.717) is 29.4 Å². The molecule has 100 valence electrons. The first-order valence-corrected chi connectivity index (χ1v) is 5.91. The molecule has 2 rings (SSSR count). The topological polar surface area (TPSA) is 88.0 Å². The number of hydrogen-bond donors (Lipinski definition) is 2. The Labute approximate surface area is 109 Å². The second-order valence-corrected chi connectivity index (χ2v) is 4.25. The molecule has 0 aromatic carbocycles. The van der Waals surface area contributed by atoms with Crippen molar-refractivity contribution < 1.29 is 9.21 Å². The van der Waals surface area contributed by atoms with Crippen molar-refractivity contribution >= 4 is 5.91 Å². The van der Waals surface area contributed by atoms with Gasteiger partial charge < -0.3 is 14.7 Å². The molecule has 6 nitrogen and oxygen atoms in total. The lowest BCUT2D eigenvalue weighted by atomic mass is 10.1. The molecule has 0 radical (unpaired) electrons. The SMILES string of the molecule is Cc1nc(C)c(CC(=O)NCc2ccco2)c(=O)[nH]1. The zero-order valence-corrected chi connectivity index (χ0v) is 10.8. The van der Waals surface area contributed by atoms with Gasteiger partial charge in [-0.3, -0.25) is 9.59 Å². The molecule has 1 amide bonds. The van der Waals surface area contributed by atoms with Gasteiger partial charge in [0.25, 0.3) is 5.56 Å². The van der Waals surface area contributed by atoms with E-state index in [1.54, 1.807) is 32.2 Å². The number of aromatic nitrogens is 2. The van der Waals surface area contributed by atoms with Crippen LogP contribution in [0.2, 0.25) is 0 Å². The van der Waals surface area contributed by atoms with Gasteiger partial charge in [0.05, 0.1) is 19.2 Å². The number of carbonyl (C=O) groups excluding carboxylic acids is 1. The van der Waals surface area contributed by atoms with E-state index in [2.05, 4.69) is 15.3 Å². The lowest BCUT2D eigenvalue weighted by Gasteiger charge is -2.06. The van der Waals surface area contributed by atoms with Gasteiger partial charge in [0.2, 0.25) is 5.91 Å². The zero-order chi connectivity index (χ0) is 13.8. The van der Waals surface area contributed by atoms with Crippen LogP contribution < -0.4 is 10.9 Å². The summed E-state index contributed by atoms with van der Waals surface area (Å²) in [4.78, 5) is 30.2. The summed E-state index contributed by atoms with van der Waals surface area (Å²) in [5.74, 6) is 0.971. The molecule has 0 unspecified atom stereocenters. The van der Waals surface area contributed by atoms with E-state index in [1.807, 2.05) is 0 Å². The second kappa shape index (κ2) is 5.51. The molecule has 6 heteroatoms. The number of rotatable bonds is 4. The summed E-state index contributed by atoms with van der Waals surface area (Å²) in [5.41, 5.74) is 0.704. The zero-order valence-electron chi connectivity index (χ0n) is 10.8. The third kappa shape index (κ3) is 3.31. The quantitative estimate of drug-likeness (QED) is 0.853. The molecule has 2 heterocycles. The van der Waals surface area contributed by atoms with Crippen LogP contribution in [-0.4, -0.2) is 15.9 Å². The van der Waals surface area contributed by atoms with E-state index in [9.17, 15) is 9.59 Å². The van der Waals surface area contributed by atoms with E-state index in [0.717, 1.165) is 0 Å². The molecular formula is C13H15N3O3. The number of aryl methyl sites for hydroxylation is 2. The second-order valence-electron chi connectivity index (χ2n) is 4.25. The Balaban J connectivity index is 2.01. The predicted octanol–water partition coefficient (Wildman–Crippen LogP) is 0.839. The summed E-state index contributed by atoms with van der Waals surface area (Å²) in [6.07, 6.45) is 1.55. The van der Waals surface area contributed by atoms with Gasteiger partial charge in [-0.2, -0.15) is 0 Å². The first-order valence-electron chi connectivity index (χ1n) is 5.91. The van der Waals surface area contributed by atoms with Gasteiger partial charge >= 0.3 is 0 Å². The first kappa shape index (κ1) is 13.1. The van der Waals surface area contributed by atoms with Crippen LogP contribution in [0, 0.1) is 13.8 Å². The number of amides is 1. The van der Waals surface area contributed by atoms with E-state index >= 15 is 0 Å². The van der Waals surface area contributed by atoms with Crippen LogP contribution in [0.25, 0.3) is 0 Å². The van der Waals surface area contributed by atoms with Crippen LogP contribution in [0.3, 0.4) is 0 Å². The summed E-state index contributed by atoms with van der Waals surface area (Å²) in [5, 5.41) is 2.69. The molecule has 19 heavy (non-hydrogen) atoms. The molecule has 2 aromatic rings. The van der Waals surface area contributed by atoms with Crippen molar-refractivity contribution in [2.45, 2.75) is 26.8 Å². The van der Waals surface area contributed by atoms with Gasteiger partial charge in [-0.15, -0.1) is 0 Å². The Bertz CT molecular complexity index is 629. The average molecular weight is 261 g/mol. The highest BCUT2D eigenvalue weighted by Gasteiger charge is 2.11. The van der Waals surface area contributed by atoms with Crippen molar-refractivity contribution in [2.24, 2.45) is 0 Å². The van der Waals surface area contributed by atoms with E-state index in [-0.39, 0.29) is 17.9 Å². The highest BCUT2D eigenvalue weighted by molar-refractivity contribution is 5.78. The highest BCUT2D eigenvalue weighted by Crippen LogP contribution is 2.01. The molecule has 0 fully saturated rings. The molecule has 0 bridgehead atoms. The molecular weight excluding hydrogens is 246 g/mol. The molecule has 2 N–H and O–H groups in total. The van der Waals surface area contributed by atoms with Crippen molar-refractivity contribution in [1.29, 1.82) is 0 Å². The summed E-state index contributed by atoms with van der Waals surface area (Å²) in [6, 6.07) is 3.52. The molecule has 0 aliphatic heterocycles. The van der Waals surface area contributed by atoms with Gasteiger partial charge in [0.15, 0.2) is 0 Å². The highest BCUT2D eigenvalue weighted by atomic mass is 16.3. The van der Waals surface area contributed by atoms with Crippen LogP contribution >= 0.6 is 0 Å². The summed E-state index contributed by atoms with van der Waals surface area (Å²) < 4.78 is 5.10. The first-order chi connectivity index (χ1) is 9.06. The van der Waals surface area contributed by atoms with Gasteiger partial charge in [-0.1, -0.05) is 0 Å². The summed E-state index contributed by atoms with van der Waals surface area (Å²) >= 11 is 0. The van der Waals surface area contributed by atoms with E-state index in [4.69, 9.17) is 4.42 Å². The van der Waals surface area contributed by atoms with Crippen molar-refractivity contribution in [1.82, 2.24) is 15.3 Å². The lowest BCUT2D eigenvalue weighted by Crippen LogP contribution is -2.28. The largest absolute Gasteiger partial charge is 0.467 e. The minimum Gasteiger partial charge on any atom is -0.467 e. The van der Waals surface area contributed by atoms with Crippen LogP contribution in [-0.2, 0) is 17.8 Å². The average Bonchev–Trinajstić information content (AvgIpc) is 2.84. The van der Waals surface area contributed by atoms with Gasteiger partial charge in [-0.05, 0) is 26.0 Å². The third-order valence-electron chi connectivity index (χ3n) is 2.72. The van der Waals surface area contributed by atoms with Crippen LogP contribution in [0.4, 0.5) is 0 Å². The molecule has 0 spiro atoms. The number of nitrogens with zero attached hydrogens (tertiary/aromatic N) is 1. The third-order valence-corrected chi connectivity index (χ3v) is 2.72. The monoisotopic (exact) mass is 261 g/mol.